The summed E-state index contributed by atoms with van der Waals surface area (Å²) in [6.45, 7) is 1.41. The van der Waals surface area contributed by atoms with Crippen molar-refractivity contribution in [3.8, 4) is 0 Å². The molecule has 0 radical (unpaired) electrons. The van der Waals surface area contributed by atoms with Crippen molar-refractivity contribution in [3.05, 3.63) is 17.3 Å². The summed E-state index contributed by atoms with van der Waals surface area (Å²) in [5.74, 6) is 1.02. The third-order valence-corrected chi connectivity index (χ3v) is 4.72. The van der Waals surface area contributed by atoms with E-state index in [-0.39, 0.29) is 11.9 Å². The first-order valence-corrected chi connectivity index (χ1v) is 8.59. The number of anilines is 1. The van der Waals surface area contributed by atoms with Crippen LogP contribution in [0.25, 0.3) is 0 Å². The molecule has 23 heavy (non-hydrogen) atoms. The fraction of sp³-hybridized carbons (Fsp3) is 0.500. The molecular formula is C14H19ClN4O3S. The maximum Gasteiger partial charge on any atom is 0.404 e. The van der Waals surface area contributed by atoms with Gasteiger partial charge in [-0.3, -0.25) is 4.79 Å². The van der Waals surface area contributed by atoms with Gasteiger partial charge >= 0.3 is 6.09 Å². The average Bonchev–Trinajstić information content (AvgIpc) is 2.52. The van der Waals surface area contributed by atoms with E-state index in [1.807, 2.05) is 6.07 Å². The number of thioether (sulfide) groups is 1. The Labute approximate surface area is 143 Å². The van der Waals surface area contributed by atoms with Gasteiger partial charge in [0.1, 0.15) is 11.0 Å². The molecule has 0 aliphatic carbocycles. The minimum absolute atomic E-state index is 0.0231. The Morgan fingerprint density at radius 3 is 2.74 bits per heavy atom. The maximum atomic E-state index is 11.3. The zero-order valence-electron chi connectivity index (χ0n) is 12.7. The molecule has 1 aliphatic rings. The zero-order chi connectivity index (χ0) is 16.8. The van der Waals surface area contributed by atoms with Crippen LogP contribution in [0.2, 0.25) is 5.15 Å². The third kappa shape index (κ3) is 5.47. The van der Waals surface area contributed by atoms with Crippen LogP contribution in [0.4, 0.5) is 10.6 Å². The first kappa shape index (κ1) is 17.7. The van der Waals surface area contributed by atoms with Gasteiger partial charge in [0, 0.05) is 31.1 Å². The monoisotopic (exact) mass is 358 g/mol. The molecule has 9 heteroatoms. The molecule has 2 heterocycles. The minimum Gasteiger partial charge on any atom is -0.465 e. The lowest BCUT2D eigenvalue weighted by Gasteiger charge is -2.32. The average molecular weight is 359 g/mol. The van der Waals surface area contributed by atoms with Crippen molar-refractivity contribution in [1.82, 2.24) is 15.6 Å². The highest BCUT2D eigenvalue weighted by Gasteiger charge is 2.22. The number of carbonyl (C=O) groups excluding carboxylic acids is 1. The van der Waals surface area contributed by atoms with Crippen LogP contribution in [-0.4, -0.2) is 54.0 Å². The SMILES string of the molecule is CNC(=O)CSc1cc(Cl)nc(N2CCC(NC(=O)O)CC2)c1. The summed E-state index contributed by atoms with van der Waals surface area (Å²) in [4.78, 5) is 29.3. The topological polar surface area (TPSA) is 94.6 Å². The summed E-state index contributed by atoms with van der Waals surface area (Å²) in [5.41, 5.74) is 0. The van der Waals surface area contributed by atoms with Crippen LogP contribution in [0, 0.1) is 0 Å². The molecule has 0 bridgehead atoms. The Morgan fingerprint density at radius 1 is 1.43 bits per heavy atom. The molecule has 2 rings (SSSR count). The van der Waals surface area contributed by atoms with Gasteiger partial charge in [0.2, 0.25) is 5.91 Å². The van der Waals surface area contributed by atoms with E-state index in [9.17, 15) is 9.59 Å². The number of carbonyl (C=O) groups is 2. The van der Waals surface area contributed by atoms with Crippen molar-refractivity contribution in [2.75, 3.05) is 30.8 Å². The van der Waals surface area contributed by atoms with Crippen molar-refractivity contribution < 1.29 is 14.7 Å². The van der Waals surface area contributed by atoms with Crippen molar-refractivity contribution in [2.24, 2.45) is 0 Å². The molecule has 1 saturated heterocycles. The quantitative estimate of drug-likeness (QED) is 0.549. The summed E-state index contributed by atoms with van der Waals surface area (Å²) >= 11 is 7.48. The van der Waals surface area contributed by atoms with Crippen LogP contribution in [0.5, 0.6) is 0 Å². The molecule has 0 aromatic carbocycles. The van der Waals surface area contributed by atoms with Crippen molar-refractivity contribution in [2.45, 2.75) is 23.8 Å². The first-order valence-electron chi connectivity index (χ1n) is 7.23. The summed E-state index contributed by atoms with van der Waals surface area (Å²) in [6, 6.07) is 3.62. The van der Waals surface area contributed by atoms with Crippen molar-refractivity contribution >= 4 is 41.2 Å². The summed E-state index contributed by atoms with van der Waals surface area (Å²) in [5, 5.41) is 14.2. The molecular weight excluding hydrogens is 340 g/mol. The number of carboxylic acid groups (broad SMARTS) is 1. The zero-order valence-corrected chi connectivity index (χ0v) is 14.3. The number of aromatic nitrogens is 1. The standard InChI is InChI=1S/C14H19ClN4O3S/c1-16-13(20)8-23-10-6-11(15)18-12(7-10)19-4-2-9(3-5-19)17-14(21)22/h6-7,9,17H,2-5,8H2,1H3,(H,16,20)(H,21,22). The van der Waals surface area contributed by atoms with Crippen LogP contribution in [0.3, 0.4) is 0 Å². The Hall–Kier alpha value is -1.67. The van der Waals surface area contributed by atoms with Crippen LogP contribution >= 0.6 is 23.4 Å². The Balaban J connectivity index is 1.98. The van der Waals surface area contributed by atoms with Gasteiger partial charge in [0.25, 0.3) is 0 Å². The minimum atomic E-state index is -0.989. The Bertz CT molecular complexity index is 579. The molecule has 7 nitrogen and oxygen atoms in total. The molecule has 1 aliphatic heterocycles. The molecule has 0 unspecified atom stereocenters. The maximum absolute atomic E-state index is 11.3. The molecule has 0 saturated carbocycles. The molecule has 1 aromatic heterocycles. The molecule has 2 amide bonds. The lowest BCUT2D eigenvalue weighted by atomic mass is 10.1. The lowest BCUT2D eigenvalue weighted by Crippen LogP contribution is -2.44. The molecule has 1 aromatic rings. The van der Waals surface area contributed by atoms with Gasteiger partial charge in [-0.15, -0.1) is 11.8 Å². The molecule has 0 atom stereocenters. The fourth-order valence-electron chi connectivity index (χ4n) is 2.35. The van der Waals surface area contributed by atoms with Crippen LogP contribution in [0.15, 0.2) is 17.0 Å². The number of nitrogens with one attached hydrogen (secondary N) is 2. The number of nitrogens with zero attached hydrogens (tertiary/aromatic N) is 2. The van der Waals surface area contributed by atoms with E-state index >= 15 is 0 Å². The van der Waals surface area contributed by atoms with E-state index in [2.05, 4.69) is 20.5 Å². The highest BCUT2D eigenvalue weighted by Crippen LogP contribution is 2.27. The molecule has 0 spiro atoms. The first-order chi connectivity index (χ1) is 11.0. The Morgan fingerprint density at radius 2 is 2.13 bits per heavy atom. The van der Waals surface area contributed by atoms with Gasteiger partial charge in [0.15, 0.2) is 0 Å². The van der Waals surface area contributed by atoms with Crippen LogP contribution < -0.4 is 15.5 Å². The number of amides is 2. The molecule has 126 valence electrons. The number of hydrogen-bond donors (Lipinski definition) is 3. The van der Waals surface area contributed by atoms with Crippen LogP contribution in [-0.2, 0) is 4.79 Å². The fourth-order valence-corrected chi connectivity index (χ4v) is 3.45. The second-order valence-electron chi connectivity index (χ2n) is 5.16. The van der Waals surface area contributed by atoms with Crippen LogP contribution in [0.1, 0.15) is 12.8 Å². The van der Waals surface area contributed by atoms with E-state index < -0.39 is 6.09 Å². The van der Waals surface area contributed by atoms with E-state index in [4.69, 9.17) is 16.7 Å². The normalized spacial score (nSPS) is 15.3. The number of hydrogen-bond acceptors (Lipinski definition) is 5. The number of rotatable bonds is 5. The highest BCUT2D eigenvalue weighted by molar-refractivity contribution is 8.00. The van der Waals surface area contributed by atoms with E-state index in [0.717, 1.165) is 23.6 Å². The van der Waals surface area contributed by atoms with Crippen molar-refractivity contribution in [1.29, 1.82) is 0 Å². The van der Waals surface area contributed by atoms with E-state index in [1.165, 1.54) is 11.8 Å². The Kier molecular flexibility index (Phi) is 6.35. The lowest BCUT2D eigenvalue weighted by molar-refractivity contribution is -0.118. The van der Waals surface area contributed by atoms with Gasteiger partial charge < -0.3 is 20.6 Å². The van der Waals surface area contributed by atoms with Gasteiger partial charge in [-0.05, 0) is 25.0 Å². The van der Waals surface area contributed by atoms with Gasteiger partial charge in [-0.2, -0.15) is 0 Å². The second-order valence-corrected chi connectivity index (χ2v) is 6.59. The number of pyridine rings is 1. The predicted molar refractivity (Wildman–Crippen MR) is 90.4 cm³/mol. The third-order valence-electron chi connectivity index (χ3n) is 3.55. The largest absolute Gasteiger partial charge is 0.465 e. The summed E-state index contributed by atoms with van der Waals surface area (Å²) in [7, 11) is 1.60. The summed E-state index contributed by atoms with van der Waals surface area (Å²) < 4.78 is 0. The van der Waals surface area contributed by atoms with Gasteiger partial charge in [-0.25, -0.2) is 9.78 Å². The molecule has 3 N–H and O–H groups in total. The predicted octanol–water partition coefficient (Wildman–Crippen LogP) is 1.81. The van der Waals surface area contributed by atoms with E-state index in [0.29, 0.717) is 24.0 Å². The second kappa shape index (κ2) is 8.26. The van der Waals surface area contributed by atoms with E-state index in [1.54, 1.807) is 13.1 Å². The molecule has 1 fully saturated rings. The number of piperidine rings is 1. The van der Waals surface area contributed by atoms with Gasteiger partial charge in [-0.1, -0.05) is 11.6 Å². The van der Waals surface area contributed by atoms with Crippen molar-refractivity contribution in [3.63, 3.8) is 0 Å². The summed E-state index contributed by atoms with van der Waals surface area (Å²) in [6.07, 6.45) is 0.458. The smallest absolute Gasteiger partial charge is 0.404 e. The highest BCUT2D eigenvalue weighted by atomic mass is 35.5. The number of halogens is 1. The van der Waals surface area contributed by atoms with Gasteiger partial charge in [0.05, 0.1) is 5.75 Å².